The Morgan fingerprint density at radius 2 is 2.00 bits per heavy atom. The molecule has 0 saturated heterocycles. The summed E-state index contributed by atoms with van der Waals surface area (Å²) < 4.78 is 0. The number of carbonyl (C=O) groups is 1. The van der Waals surface area contributed by atoms with Crippen molar-refractivity contribution in [2.75, 3.05) is 6.61 Å². The third kappa shape index (κ3) is 3.20. The van der Waals surface area contributed by atoms with Crippen molar-refractivity contribution in [2.24, 2.45) is 11.8 Å². The summed E-state index contributed by atoms with van der Waals surface area (Å²) in [5.74, 6) is -0.906. The van der Waals surface area contributed by atoms with Crippen molar-refractivity contribution in [2.45, 2.75) is 25.7 Å². The first-order chi connectivity index (χ1) is 6.59. The minimum absolute atomic E-state index is 0.0966. The van der Waals surface area contributed by atoms with Gasteiger partial charge < -0.3 is 9.94 Å². The number of nitrogens with zero attached hydrogens (tertiary/aromatic N) is 1. The molecule has 1 rings (SSSR count). The molecule has 0 amide bonds. The van der Waals surface area contributed by atoms with Gasteiger partial charge in [-0.25, -0.2) is 0 Å². The third-order valence-corrected chi connectivity index (χ3v) is 2.61. The van der Waals surface area contributed by atoms with E-state index in [9.17, 15) is 14.9 Å². The highest BCUT2D eigenvalue weighted by Crippen LogP contribution is 2.28. The quantitative estimate of drug-likeness (QED) is 0.545. The Balaban J connectivity index is 2.22. The molecule has 1 aliphatic rings. The molecular formula is C8H13NO5. The van der Waals surface area contributed by atoms with Crippen LogP contribution in [-0.4, -0.2) is 22.8 Å². The first kappa shape index (κ1) is 10.7. The highest BCUT2D eigenvalue weighted by Gasteiger charge is 2.26. The fourth-order valence-electron chi connectivity index (χ4n) is 1.74. The van der Waals surface area contributed by atoms with Crippen molar-refractivity contribution >= 4 is 5.97 Å². The first-order valence-corrected chi connectivity index (χ1v) is 4.59. The highest BCUT2D eigenvalue weighted by atomic mass is 16.9. The summed E-state index contributed by atoms with van der Waals surface area (Å²) >= 11 is 0. The predicted molar refractivity (Wildman–Crippen MR) is 46.0 cm³/mol. The van der Waals surface area contributed by atoms with Crippen LogP contribution in [0, 0.1) is 22.0 Å². The third-order valence-electron chi connectivity index (χ3n) is 2.61. The molecule has 1 saturated carbocycles. The first-order valence-electron chi connectivity index (χ1n) is 4.59. The zero-order chi connectivity index (χ0) is 10.6. The van der Waals surface area contributed by atoms with E-state index < -0.39 is 11.1 Å². The number of hydrogen-bond donors (Lipinski definition) is 1. The van der Waals surface area contributed by atoms with Crippen molar-refractivity contribution in [3.8, 4) is 0 Å². The van der Waals surface area contributed by atoms with E-state index in [2.05, 4.69) is 4.84 Å². The molecule has 1 aliphatic carbocycles. The minimum Gasteiger partial charge on any atom is -0.481 e. The maximum atomic E-state index is 10.6. The molecule has 1 N–H and O–H groups in total. The average molecular weight is 203 g/mol. The van der Waals surface area contributed by atoms with Crippen LogP contribution in [0.5, 0.6) is 0 Å². The second-order valence-corrected chi connectivity index (χ2v) is 3.58. The molecule has 0 aromatic rings. The molecule has 0 aliphatic heterocycles. The van der Waals surface area contributed by atoms with Crippen LogP contribution in [-0.2, 0) is 9.63 Å². The van der Waals surface area contributed by atoms with E-state index >= 15 is 0 Å². The molecule has 0 heterocycles. The molecule has 0 aromatic heterocycles. The summed E-state index contributed by atoms with van der Waals surface area (Å²) in [4.78, 5) is 24.7. The Morgan fingerprint density at radius 3 is 2.43 bits per heavy atom. The van der Waals surface area contributed by atoms with E-state index in [-0.39, 0.29) is 18.4 Å². The lowest BCUT2D eigenvalue weighted by atomic mass is 9.82. The van der Waals surface area contributed by atoms with Gasteiger partial charge in [-0.1, -0.05) is 0 Å². The highest BCUT2D eigenvalue weighted by molar-refractivity contribution is 5.69. The standard InChI is InChI=1S/C8H13NO5/c10-8(11)7-3-1-6(2-4-7)5-14-9(12)13/h6-7H,1-5H2,(H,10,11). The second kappa shape index (κ2) is 4.78. The summed E-state index contributed by atoms with van der Waals surface area (Å²) in [7, 11) is 0. The Morgan fingerprint density at radius 1 is 1.43 bits per heavy atom. The van der Waals surface area contributed by atoms with Gasteiger partial charge in [0.2, 0.25) is 0 Å². The van der Waals surface area contributed by atoms with Crippen molar-refractivity contribution in [1.82, 2.24) is 0 Å². The number of carboxylic acid groups (broad SMARTS) is 1. The van der Waals surface area contributed by atoms with Gasteiger partial charge in [0.1, 0.15) is 0 Å². The van der Waals surface area contributed by atoms with Crippen LogP contribution in [0.25, 0.3) is 0 Å². The van der Waals surface area contributed by atoms with E-state index in [1.54, 1.807) is 0 Å². The fraction of sp³-hybridized carbons (Fsp3) is 0.875. The van der Waals surface area contributed by atoms with Gasteiger partial charge in [-0.3, -0.25) is 4.79 Å². The fourth-order valence-corrected chi connectivity index (χ4v) is 1.74. The van der Waals surface area contributed by atoms with Gasteiger partial charge in [-0.2, -0.15) is 0 Å². The number of hydrogen-bond acceptors (Lipinski definition) is 4. The molecule has 0 radical (unpaired) electrons. The molecular weight excluding hydrogens is 190 g/mol. The molecule has 0 aromatic carbocycles. The monoisotopic (exact) mass is 203 g/mol. The van der Waals surface area contributed by atoms with E-state index in [4.69, 9.17) is 5.11 Å². The van der Waals surface area contributed by atoms with Crippen LogP contribution >= 0.6 is 0 Å². The number of aliphatic carboxylic acids is 1. The Labute approximate surface area is 81.0 Å². The Kier molecular flexibility index (Phi) is 3.67. The molecule has 14 heavy (non-hydrogen) atoms. The maximum Gasteiger partial charge on any atom is 0.306 e. The lowest BCUT2D eigenvalue weighted by Crippen LogP contribution is -2.24. The number of rotatable bonds is 4. The summed E-state index contributed by atoms with van der Waals surface area (Å²) in [6.07, 6.45) is 2.60. The summed E-state index contributed by atoms with van der Waals surface area (Å²) in [5, 5.41) is 17.8. The van der Waals surface area contributed by atoms with Crippen LogP contribution in [0.2, 0.25) is 0 Å². The second-order valence-electron chi connectivity index (χ2n) is 3.58. The molecule has 0 atom stereocenters. The van der Waals surface area contributed by atoms with Crippen molar-refractivity contribution < 1.29 is 19.8 Å². The van der Waals surface area contributed by atoms with Gasteiger partial charge in [0.25, 0.3) is 5.09 Å². The zero-order valence-corrected chi connectivity index (χ0v) is 7.72. The van der Waals surface area contributed by atoms with Crippen molar-refractivity contribution in [3.63, 3.8) is 0 Å². The molecule has 0 spiro atoms. The average Bonchev–Trinajstić information content (AvgIpc) is 2.15. The lowest BCUT2D eigenvalue weighted by Gasteiger charge is -2.24. The van der Waals surface area contributed by atoms with Crippen LogP contribution in [0.1, 0.15) is 25.7 Å². The predicted octanol–water partition coefficient (Wildman–Crippen LogP) is 1.09. The van der Waals surface area contributed by atoms with Crippen LogP contribution in [0.4, 0.5) is 0 Å². The maximum absolute atomic E-state index is 10.6. The molecule has 6 nitrogen and oxygen atoms in total. The van der Waals surface area contributed by atoms with Gasteiger partial charge in [0.05, 0.1) is 12.5 Å². The molecule has 0 bridgehead atoms. The molecule has 80 valence electrons. The number of carboxylic acids is 1. The lowest BCUT2D eigenvalue weighted by molar-refractivity contribution is -0.759. The normalized spacial score (nSPS) is 26.9. The van der Waals surface area contributed by atoms with Gasteiger partial charge in [-0.05, 0) is 31.6 Å². The van der Waals surface area contributed by atoms with Gasteiger partial charge in [0, 0.05) is 0 Å². The minimum atomic E-state index is -0.802. The largest absolute Gasteiger partial charge is 0.481 e. The van der Waals surface area contributed by atoms with Gasteiger partial charge in [-0.15, -0.1) is 10.1 Å². The van der Waals surface area contributed by atoms with Crippen molar-refractivity contribution in [1.29, 1.82) is 0 Å². The van der Waals surface area contributed by atoms with Crippen LogP contribution < -0.4 is 0 Å². The van der Waals surface area contributed by atoms with Crippen LogP contribution in [0.15, 0.2) is 0 Å². The summed E-state index contributed by atoms with van der Waals surface area (Å²) in [6.45, 7) is 0.0966. The van der Waals surface area contributed by atoms with Crippen LogP contribution in [0.3, 0.4) is 0 Å². The van der Waals surface area contributed by atoms with E-state index in [0.717, 1.165) is 0 Å². The smallest absolute Gasteiger partial charge is 0.306 e. The SMILES string of the molecule is O=C(O)C1CCC(CO[N+](=O)[O-])CC1. The Bertz CT molecular complexity index is 222. The van der Waals surface area contributed by atoms with Crippen molar-refractivity contribution in [3.05, 3.63) is 10.1 Å². The summed E-state index contributed by atoms with van der Waals surface area (Å²) in [6, 6.07) is 0. The molecule has 6 heteroatoms. The zero-order valence-electron chi connectivity index (χ0n) is 7.72. The van der Waals surface area contributed by atoms with E-state index in [1.807, 2.05) is 0 Å². The molecule has 0 unspecified atom stereocenters. The topological polar surface area (TPSA) is 89.7 Å². The van der Waals surface area contributed by atoms with Gasteiger partial charge >= 0.3 is 5.97 Å². The summed E-state index contributed by atoms with van der Waals surface area (Å²) in [5.41, 5.74) is 0. The Hall–Kier alpha value is -1.33. The van der Waals surface area contributed by atoms with E-state index in [1.165, 1.54) is 0 Å². The molecule has 1 fully saturated rings. The van der Waals surface area contributed by atoms with E-state index in [0.29, 0.717) is 25.7 Å². The van der Waals surface area contributed by atoms with Gasteiger partial charge in [0.15, 0.2) is 0 Å².